The molecule has 112 valence electrons. The van der Waals surface area contributed by atoms with Crippen molar-refractivity contribution < 1.29 is 14.1 Å². The molecule has 0 aromatic heterocycles. The average molecular weight is 349 g/mol. The van der Waals surface area contributed by atoms with E-state index in [1.54, 1.807) is 0 Å². The molecule has 5 nitrogen and oxygen atoms in total. The summed E-state index contributed by atoms with van der Waals surface area (Å²) in [5, 5.41) is 13.8. The summed E-state index contributed by atoms with van der Waals surface area (Å²) in [7, 11) is 0. The van der Waals surface area contributed by atoms with Gasteiger partial charge in [0.1, 0.15) is 11.5 Å². The molecular weight excluding hydrogens is 331 g/mol. The van der Waals surface area contributed by atoms with E-state index in [9.17, 15) is 14.5 Å². The third kappa shape index (κ3) is 5.42. The van der Waals surface area contributed by atoms with Gasteiger partial charge >= 0.3 is 0 Å². The number of ether oxygens (including phenoxy) is 1. The molecule has 0 fully saturated rings. The van der Waals surface area contributed by atoms with E-state index in [-0.39, 0.29) is 16.3 Å². The Morgan fingerprint density at radius 3 is 2.75 bits per heavy atom. The summed E-state index contributed by atoms with van der Waals surface area (Å²) >= 11 is 3.02. The van der Waals surface area contributed by atoms with E-state index in [0.717, 1.165) is 18.9 Å². The molecule has 0 heterocycles. The summed E-state index contributed by atoms with van der Waals surface area (Å²) in [5.41, 5.74) is 0.0529. The molecule has 0 amide bonds. The lowest BCUT2D eigenvalue weighted by molar-refractivity contribution is -0.384. The normalized spacial score (nSPS) is 10.8. The van der Waals surface area contributed by atoms with Crippen LogP contribution in [-0.4, -0.2) is 24.2 Å². The van der Waals surface area contributed by atoms with E-state index >= 15 is 0 Å². The highest BCUT2D eigenvalue weighted by Crippen LogP contribution is 2.30. The van der Waals surface area contributed by atoms with Crippen molar-refractivity contribution in [1.82, 2.24) is 0 Å². The van der Waals surface area contributed by atoms with Crippen LogP contribution in [0.25, 0.3) is 0 Å². The van der Waals surface area contributed by atoms with E-state index < -0.39 is 10.7 Å². The predicted molar refractivity (Wildman–Crippen MR) is 79.6 cm³/mol. The van der Waals surface area contributed by atoms with Gasteiger partial charge in [-0.1, -0.05) is 0 Å². The summed E-state index contributed by atoms with van der Waals surface area (Å²) in [4.78, 5) is 10.3. The molecule has 1 aromatic rings. The molecule has 0 spiro atoms. The van der Waals surface area contributed by atoms with Crippen LogP contribution in [-0.2, 0) is 4.74 Å². The maximum absolute atomic E-state index is 13.3. The topological polar surface area (TPSA) is 64.4 Å². The number of anilines is 1. The first-order valence-electron chi connectivity index (χ1n) is 6.40. The zero-order chi connectivity index (χ0) is 15.1. The smallest absolute Gasteiger partial charge is 0.295 e. The highest BCUT2D eigenvalue weighted by atomic mass is 79.9. The molecule has 0 atom stereocenters. The maximum Gasteiger partial charge on any atom is 0.295 e. The number of hydrogen-bond donors (Lipinski definition) is 1. The summed E-state index contributed by atoms with van der Waals surface area (Å²) in [6, 6.07) is 2.30. The van der Waals surface area contributed by atoms with Gasteiger partial charge in [0.15, 0.2) is 0 Å². The van der Waals surface area contributed by atoms with Crippen LogP contribution < -0.4 is 5.32 Å². The van der Waals surface area contributed by atoms with Gasteiger partial charge in [0.05, 0.1) is 21.6 Å². The first kappa shape index (κ1) is 16.8. The molecule has 0 radical (unpaired) electrons. The molecular formula is C13H18BrFN2O3. The number of benzene rings is 1. The second kappa shape index (κ2) is 8.16. The largest absolute Gasteiger partial charge is 0.379 e. The molecule has 0 aliphatic rings. The minimum absolute atomic E-state index is 0.203. The summed E-state index contributed by atoms with van der Waals surface area (Å²) < 4.78 is 18.9. The lowest BCUT2D eigenvalue weighted by Gasteiger charge is -2.09. The number of hydrogen-bond acceptors (Lipinski definition) is 4. The molecule has 0 bridgehead atoms. The maximum atomic E-state index is 13.3. The molecule has 7 heteroatoms. The van der Waals surface area contributed by atoms with Gasteiger partial charge in [0.25, 0.3) is 5.69 Å². The Labute approximate surface area is 125 Å². The van der Waals surface area contributed by atoms with Crippen LogP contribution in [0.4, 0.5) is 15.8 Å². The fraction of sp³-hybridized carbons (Fsp3) is 0.538. The molecule has 0 aliphatic heterocycles. The monoisotopic (exact) mass is 348 g/mol. The van der Waals surface area contributed by atoms with Crippen molar-refractivity contribution >= 4 is 27.3 Å². The van der Waals surface area contributed by atoms with Crippen molar-refractivity contribution in [2.24, 2.45) is 0 Å². The van der Waals surface area contributed by atoms with Crippen molar-refractivity contribution in [1.29, 1.82) is 0 Å². The minimum atomic E-state index is -0.646. The third-order valence-corrected chi connectivity index (χ3v) is 3.18. The molecule has 1 rings (SSSR count). The van der Waals surface area contributed by atoms with Crippen LogP contribution in [0.2, 0.25) is 0 Å². The Morgan fingerprint density at radius 1 is 1.45 bits per heavy atom. The van der Waals surface area contributed by atoms with Crippen molar-refractivity contribution in [3.8, 4) is 0 Å². The molecule has 0 unspecified atom stereocenters. The summed E-state index contributed by atoms with van der Waals surface area (Å²) in [6.45, 7) is 5.17. The van der Waals surface area contributed by atoms with Gasteiger partial charge in [-0.15, -0.1) is 0 Å². The van der Waals surface area contributed by atoms with E-state index in [1.165, 1.54) is 6.07 Å². The lowest BCUT2D eigenvalue weighted by atomic mass is 10.2. The van der Waals surface area contributed by atoms with Gasteiger partial charge in [0.2, 0.25) is 0 Å². The second-order valence-corrected chi connectivity index (χ2v) is 5.45. The lowest BCUT2D eigenvalue weighted by Crippen LogP contribution is -2.08. The Morgan fingerprint density at radius 2 is 2.15 bits per heavy atom. The molecule has 1 N–H and O–H groups in total. The molecule has 0 aliphatic carbocycles. The highest BCUT2D eigenvalue weighted by molar-refractivity contribution is 9.10. The standard InChI is InChI=1S/C13H18BrFN2O3/c1-9(2)20-6-4-3-5-16-12-7-10(14)11(15)8-13(12)17(18)19/h7-9,16H,3-6H2,1-2H3. The Balaban J connectivity index is 2.51. The van der Waals surface area contributed by atoms with Gasteiger partial charge in [0, 0.05) is 13.2 Å². The van der Waals surface area contributed by atoms with Crippen LogP contribution in [0.3, 0.4) is 0 Å². The summed E-state index contributed by atoms with van der Waals surface area (Å²) in [5.74, 6) is -0.646. The predicted octanol–water partition coefficient (Wildman–Crippen LogP) is 4.11. The number of nitro benzene ring substituents is 1. The first-order valence-corrected chi connectivity index (χ1v) is 7.20. The molecule has 0 saturated heterocycles. The van der Waals surface area contributed by atoms with Crippen LogP contribution in [0.5, 0.6) is 0 Å². The number of halogens is 2. The second-order valence-electron chi connectivity index (χ2n) is 4.59. The highest BCUT2D eigenvalue weighted by Gasteiger charge is 2.17. The van der Waals surface area contributed by atoms with Crippen molar-refractivity contribution in [3.05, 3.63) is 32.5 Å². The van der Waals surface area contributed by atoms with E-state index in [0.29, 0.717) is 18.8 Å². The average Bonchev–Trinajstić information content (AvgIpc) is 2.36. The fourth-order valence-corrected chi connectivity index (χ4v) is 1.94. The number of nitrogens with one attached hydrogen (secondary N) is 1. The number of unbranched alkanes of at least 4 members (excludes halogenated alkanes) is 1. The van der Waals surface area contributed by atoms with Gasteiger partial charge in [-0.05, 0) is 48.7 Å². The van der Waals surface area contributed by atoms with E-state index in [1.807, 2.05) is 13.8 Å². The molecule has 20 heavy (non-hydrogen) atoms. The molecule has 0 saturated carbocycles. The van der Waals surface area contributed by atoms with Crippen molar-refractivity contribution in [2.45, 2.75) is 32.8 Å². The van der Waals surface area contributed by atoms with Gasteiger partial charge in [-0.2, -0.15) is 0 Å². The van der Waals surface area contributed by atoms with Gasteiger partial charge in [-0.3, -0.25) is 10.1 Å². The third-order valence-electron chi connectivity index (χ3n) is 2.57. The van der Waals surface area contributed by atoms with Crippen LogP contribution in [0, 0.1) is 15.9 Å². The zero-order valence-electron chi connectivity index (χ0n) is 11.5. The van der Waals surface area contributed by atoms with E-state index in [2.05, 4.69) is 21.2 Å². The number of rotatable bonds is 8. The quantitative estimate of drug-likeness (QED) is 0.436. The first-order chi connectivity index (χ1) is 9.41. The van der Waals surface area contributed by atoms with Gasteiger partial charge < -0.3 is 10.1 Å². The van der Waals surface area contributed by atoms with Crippen molar-refractivity contribution in [2.75, 3.05) is 18.5 Å². The Bertz CT molecular complexity index is 469. The van der Waals surface area contributed by atoms with Crippen molar-refractivity contribution in [3.63, 3.8) is 0 Å². The molecule has 1 aromatic carbocycles. The number of nitrogens with zero attached hydrogens (tertiary/aromatic N) is 1. The summed E-state index contributed by atoms with van der Waals surface area (Å²) in [6.07, 6.45) is 1.89. The minimum Gasteiger partial charge on any atom is -0.379 e. The zero-order valence-corrected chi connectivity index (χ0v) is 13.1. The number of nitro groups is 1. The van der Waals surface area contributed by atoms with Crippen LogP contribution >= 0.6 is 15.9 Å². The fourth-order valence-electron chi connectivity index (χ4n) is 1.60. The Kier molecular flexibility index (Phi) is 6.87. The van der Waals surface area contributed by atoms with E-state index in [4.69, 9.17) is 4.74 Å². The van der Waals surface area contributed by atoms with Crippen LogP contribution in [0.1, 0.15) is 26.7 Å². The van der Waals surface area contributed by atoms with Gasteiger partial charge in [-0.25, -0.2) is 4.39 Å². The van der Waals surface area contributed by atoms with Crippen LogP contribution in [0.15, 0.2) is 16.6 Å². The Hall–Kier alpha value is -1.21. The SMILES string of the molecule is CC(C)OCCCCNc1cc(Br)c(F)cc1[N+](=O)[O-].